The van der Waals surface area contributed by atoms with Crippen molar-refractivity contribution in [1.29, 1.82) is 5.26 Å². The van der Waals surface area contributed by atoms with E-state index < -0.39 is 5.92 Å². The molecule has 3 N–H and O–H groups in total. The predicted molar refractivity (Wildman–Crippen MR) is 117 cm³/mol. The maximum atomic E-state index is 13.4. The summed E-state index contributed by atoms with van der Waals surface area (Å²) in [6, 6.07) is 9.67. The van der Waals surface area contributed by atoms with Crippen molar-refractivity contribution in [3.05, 3.63) is 56.4 Å². The SMILES string of the molecule is COc1cccc(C2C(C#N)=C(N)N(c3n[nH]c(=S)s3)C3=C2C(=O)CC(C)(C)C3)c1. The fourth-order valence-electron chi connectivity index (χ4n) is 4.20. The smallest absolute Gasteiger partial charge is 0.216 e. The van der Waals surface area contributed by atoms with E-state index in [1.165, 1.54) is 11.3 Å². The highest BCUT2D eigenvalue weighted by Crippen LogP contribution is 2.50. The van der Waals surface area contributed by atoms with Gasteiger partial charge in [-0.3, -0.25) is 14.8 Å². The molecule has 2 aliphatic rings. The molecular formula is C21H21N5O2S2. The van der Waals surface area contributed by atoms with Crippen molar-refractivity contribution in [2.75, 3.05) is 12.0 Å². The Labute approximate surface area is 183 Å². The molecule has 2 heterocycles. The average molecular weight is 440 g/mol. The minimum absolute atomic E-state index is 0.0125. The molecule has 9 heteroatoms. The molecule has 154 valence electrons. The number of benzene rings is 1. The quantitative estimate of drug-likeness (QED) is 0.692. The number of hydrogen-bond donors (Lipinski definition) is 2. The van der Waals surface area contributed by atoms with E-state index in [-0.39, 0.29) is 17.0 Å². The van der Waals surface area contributed by atoms with Crippen LogP contribution < -0.4 is 15.4 Å². The molecule has 0 radical (unpaired) electrons. The first-order chi connectivity index (χ1) is 14.3. The Morgan fingerprint density at radius 1 is 1.43 bits per heavy atom. The van der Waals surface area contributed by atoms with Gasteiger partial charge in [0.2, 0.25) is 5.13 Å². The van der Waals surface area contributed by atoms with Gasteiger partial charge >= 0.3 is 0 Å². The van der Waals surface area contributed by atoms with Crippen molar-refractivity contribution in [3.8, 4) is 11.8 Å². The van der Waals surface area contributed by atoms with Crippen molar-refractivity contribution in [2.45, 2.75) is 32.6 Å². The molecule has 30 heavy (non-hydrogen) atoms. The molecule has 4 rings (SSSR count). The zero-order chi connectivity index (χ0) is 21.6. The van der Waals surface area contributed by atoms with E-state index in [9.17, 15) is 10.1 Å². The second-order valence-corrected chi connectivity index (χ2v) is 9.80. The van der Waals surface area contributed by atoms with Gasteiger partial charge in [0, 0.05) is 17.7 Å². The van der Waals surface area contributed by atoms with Crippen LogP contribution in [0.1, 0.15) is 38.2 Å². The number of aromatic nitrogens is 2. The zero-order valence-corrected chi connectivity index (χ0v) is 18.5. The summed E-state index contributed by atoms with van der Waals surface area (Å²) in [5.74, 6) is 0.388. The molecule has 1 atom stereocenters. The molecule has 0 saturated heterocycles. The number of Topliss-reactive ketones (excluding diaryl/α,β-unsaturated/α-hetero) is 1. The standard InChI is InChI=1S/C21H21N5O2S2/c1-21(2)8-14-17(15(27)9-21)16(11-5-4-6-12(7-11)28-3)13(10-22)18(23)26(14)19-24-25-20(29)30-19/h4-7,16H,8-9,23H2,1-3H3,(H,25,29). The van der Waals surface area contributed by atoms with Gasteiger partial charge < -0.3 is 10.5 Å². The molecule has 0 spiro atoms. The molecule has 7 nitrogen and oxygen atoms in total. The molecule has 1 aromatic carbocycles. The van der Waals surface area contributed by atoms with Gasteiger partial charge in [0.15, 0.2) is 9.74 Å². The van der Waals surface area contributed by atoms with E-state index in [4.69, 9.17) is 22.7 Å². The van der Waals surface area contributed by atoms with Crippen molar-refractivity contribution in [1.82, 2.24) is 10.2 Å². The number of nitrogens with two attached hydrogens (primary N) is 1. The van der Waals surface area contributed by atoms with Crippen LogP contribution in [0.2, 0.25) is 0 Å². The first kappa shape index (κ1) is 20.3. The van der Waals surface area contributed by atoms with Crippen LogP contribution in [0.3, 0.4) is 0 Å². The molecule has 1 aliphatic heterocycles. The third-order valence-corrected chi connectivity index (χ3v) is 6.50. The van der Waals surface area contributed by atoms with Crippen LogP contribution in [-0.2, 0) is 4.79 Å². The van der Waals surface area contributed by atoms with Crippen LogP contribution in [0.15, 0.2) is 46.9 Å². The predicted octanol–water partition coefficient (Wildman–Crippen LogP) is 4.15. The molecule has 1 aromatic heterocycles. The lowest BCUT2D eigenvalue weighted by molar-refractivity contribution is -0.118. The number of aromatic amines is 1. The molecule has 1 unspecified atom stereocenters. The Balaban J connectivity index is 2.00. The summed E-state index contributed by atoms with van der Waals surface area (Å²) in [7, 11) is 1.58. The van der Waals surface area contributed by atoms with E-state index in [2.05, 4.69) is 30.1 Å². The summed E-state index contributed by atoms with van der Waals surface area (Å²) in [6.07, 6.45) is 1.02. The fraction of sp³-hybridized carbons (Fsp3) is 0.333. The van der Waals surface area contributed by atoms with Crippen LogP contribution in [0.4, 0.5) is 5.13 Å². The van der Waals surface area contributed by atoms with E-state index in [1.807, 2.05) is 24.3 Å². The molecular weight excluding hydrogens is 418 g/mol. The van der Waals surface area contributed by atoms with Gasteiger partial charge in [-0.2, -0.15) is 5.26 Å². The summed E-state index contributed by atoms with van der Waals surface area (Å²) in [4.78, 5) is 15.1. The largest absolute Gasteiger partial charge is 0.497 e. The number of methoxy groups -OCH3 is 1. The van der Waals surface area contributed by atoms with Crippen molar-refractivity contribution >= 4 is 34.5 Å². The number of ketones is 1. The monoisotopic (exact) mass is 439 g/mol. The van der Waals surface area contributed by atoms with Crippen molar-refractivity contribution in [2.24, 2.45) is 11.1 Å². The van der Waals surface area contributed by atoms with Crippen LogP contribution in [0, 0.1) is 20.7 Å². The number of carbonyl (C=O) groups excluding carboxylic acids is 1. The van der Waals surface area contributed by atoms with E-state index in [0.717, 1.165) is 11.3 Å². The number of carbonyl (C=O) groups is 1. The van der Waals surface area contributed by atoms with Gasteiger partial charge in [-0.15, -0.1) is 5.10 Å². The van der Waals surface area contributed by atoms with Gasteiger partial charge in [-0.1, -0.05) is 37.3 Å². The second kappa shape index (κ2) is 7.38. The van der Waals surface area contributed by atoms with Crippen molar-refractivity contribution < 1.29 is 9.53 Å². The Bertz CT molecular complexity index is 1200. The molecule has 0 saturated carbocycles. The maximum absolute atomic E-state index is 13.4. The third-order valence-electron chi connectivity index (χ3n) is 5.43. The number of anilines is 1. The molecule has 1 aliphatic carbocycles. The molecule has 0 amide bonds. The first-order valence-electron chi connectivity index (χ1n) is 9.41. The van der Waals surface area contributed by atoms with Crippen LogP contribution in [0.5, 0.6) is 5.75 Å². The summed E-state index contributed by atoms with van der Waals surface area (Å²) >= 11 is 6.45. The number of rotatable bonds is 3. The van der Waals surface area contributed by atoms with Crippen molar-refractivity contribution in [3.63, 3.8) is 0 Å². The number of nitrogens with zero attached hydrogens (tertiary/aromatic N) is 3. The fourth-order valence-corrected chi connectivity index (χ4v) is 5.12. The second-order valence-electron chi connectivity index (χ2n) is 8.15. The number of nitrogens with one attached hydrogen (secondary N) is 1. The Morgan fingerprint density at radius 2 is 2.20 bits per heavy atom. The average Bonchev–Trinajstić information content (AvgIpc) is 3.12. The van der Waals surface area contributed by atoms with Crippen LogP contribution in [-0.4, -0.2) is 23.1 Å². The summed E-state index contributed by atoms with van der Waals surface area (Å²) in [5.41, 5.74) is 8.78. The summed E-state index contributed by atoms with van der Waals surface area (Å²) in [6.45, 7) is 4.11. The van der Waals surface area contributed by atoms with Crippen LogP contribution >= 0.6 is 23.6 Å². The normalized spacial score (nSPS) is 20.8. The summed E-state index contributed by atoms with van der Waals surface area (Å²) < 4.78 is 5.86. The minimum Gasteiger partial charge on any atom is -0.497 e. The Hall–Kier alpha value is -2.96. The zero-order valence-electron chi connectivity index (χ0n) is 16.9. The maximum Gasteiger partial charge on any atom is 0.216 e. The van der Waals surface area contributed by atoms with E-state index in [0.29, 0.717) is 38.8 Å². The van der Waals surface area contributed by atoms with Gasteiger partial charge in [-0.05, 0) is 41.7 Å². The highest BCUT2D eigenvalue weighted by atomic mass is 32.1. The van der Waals surface area contributed by atoms with Gasteiger partial charge in [0.25, 0.3) is 0 Å². The number of allylic oxidation sites excluding steroid dienone is 3. The number of ether oxygens (including phenoxy) is 1. The number of hydrogen-bond acceptors (Lipinski definition) is 8. The third kappa shape index (κ3) is 3.32. The highest BCUT2D eigenvalue weighted by Gasteiger charge is 2.45. The van der Waals surface area contributed by atoms with Crippen LogP contribution in [0.25, 0.3) is 0 Å². The lowest BCUT2D eigenvalue weighted by atomic mass is 9.68. The van der Waals surface area contributed by atoms with Gasteiger partial charge in [0.05, 0.1) is 24.7 Å². The molecule has 2 aromatic rings. The lowest BCUT2D eigenvalue weighted by Crippen LogP contribution is -2.42. The highest BCUT2D eigenvalue weighted by molar-refractivity contribution is 7.73. The summed E-state index contributed by atoms with van der Waals surface area (Å²) in [5, 5.41) is 17.6. The van der Waals surface area contributed by atoms with Gasteiger partial charge in [-0.25, -0.2) is 0 Å². The number of nitriles is 1. The molecule has 0 bridgehead atoms. The first-order valence-corrected chi connectivity index (χ1v) is 10.6. The van der Waals surface area contributed by atoms with Gasteiger partial charge in [0.1, 0.15) is 11.6 Å². The lowest BCUT2D eigenvalue weighted by Gasteiger charge is -2.42. The molecule has 0 fully saturated rings. The number of H-pyrrole nitrogens is 1. The van der Waals surface area contributed by atoms with E-state index >= 15 is 0 Å². The minimum atomic E-state index is -0.549. The Kier molecular flexibility index (Phi) is 5.00. The van der Waals surface area contributed by atoms with E-state index in [1.54, 1.807) is 12.0 Å². The topological polar surface area (TPSA) is 108 Å². The Morgan fingerprint density at radius 3 is 2.83 bits per heavy atom.